The van der Waals surface area contributed by atoms with Crippen LogP contribution in [0.15, 0.2) is 36.4 Å². The van der Waals surface area contributed by atoms with Crippen LogP contribution in [0.3, 0.4) is 0 Å². The van der Waals surface area contributed by atoms with E-state index in [2.05, 4.69) is 5.32 Å². The summed E-state index contributed by atoms with van der Waals surface area (Å²) in [5.41, 5.74) is 0.366. The Morgan fingerprint density at radius 2 is 1.78 bits per heavy atom. The van der Waals surface area contributed by atoms with Gasteiger partial charge in [-0.25, -0.2) is 13.2 Å². The van der Waals surface area contributed by atoms with Gasteiger partial charge in [0.15, 0.2) is 17.5 Å². The first kappa shape index (κ1) is 20.3. The quantitative estimate of drug-likeness (QED) is 0.751. The molecule has 0 unspecified atom stereocenters. The first-order valence-corrected chi connectivity index (χ1v) is 8.14. The molecule has 2 aromatic rings. The lowest BCUT2D eigenvalue weighted by Crippen LogP contribution is -2.38. The van der Waals surface area contributed by atoms with E-state index in [-0.39, 0.29) is 19.0 Å². The number of benzene rings is 2. The molecule has 0 saturated carbocycles. The molecule has 0 bridgehead atoms. The molecule has 0 saturated heterocycles. The van der Waals surface area contributed by atoms with Crippen LogP contribution < -0.4 is 10.1 Å². The highest BCUT2D eigenvalue weighted by Gasteiger charge is 2.18. The van der Waals surface area contributed by atoms with Crippen molar-refractivity contribution in [2.24, 2.45) is 0 Å². The molecule has 2 rings (SSSR count). The Kier molecular flexibility index (Phi) is 6.81. The number of hydrogen-bond acceptors (Lipinski definition) is 3. The topological polar surface area (TPSA) is 58.6 Å². The lowest BCUT2D eigenvalue weighted by molar-refractivity contribution is -0.132. The largest absolute Gasteiger partial charge is 0.496 e. The summed E-state index contributed by atoms with van der Waals surface area (Å²) in [5.74, 6) is -4.94. The molecule has 5 nitrogen and oxygen atoms in total. The van der Waals surface area contributed by atoms with Gasteiger partial charge in [0.05, 0.1) is 19.3 Å². The fourth-order valence-corrected chi connectivity index (χ4v) is 2.50. The Bertz CT molecular complexity index is 843. The van der Waals surface area contributed by atoms with Crippen LogP contribution in [0.2, 0.25) is 0 Å². The fourth-order valence-electron chi connectivity index (χ4n) is 2.50. The summed E-state index contributed by atoms with van der Waals surface area (Å²) in [6.07, 6.45) is 0.441. The summed E-state index contributed by atoms with van der Waals surface area (Å²) in [4.78, 5) is 25.2. The summed E-state index contributed by atoms with van der Waals surface area (Å²) in [5, 5.41) is 2.15. The van der Waals surface area contributed by atoms with Gasteiger partial charge in [0.2, 0.25) is 11.8 Å². The maximum Gasteiger partial charge on any atom is 0.244 e. The van der Waals surface area contributed by atoms with Gasteiger partial charge in [-0.1, -0.05) is 18.2 Å². The second-order valence-corrected chi connectivity index (χ2v) is 5.77. The van der Waals surface area contributed by atoms with Crippen LogP contribution in [-0.4, -0.2) is 36.9 Å². The fraction of sp³-hybridized carbons (Fsp3) is 0.263. The monoisotopic (exact) mass is 380 g/mol. The van der Waals surface area contributed by atoms with E-state index < -0.39 is 29.0 Å². The van der Waals surface area contributed by atoms with Crippen LogP contribution in [0.4, 0.5) is 18.9 Å². The number of amides is 2. The number of anilines is 1. The van der Waals surface area contributed by atoms with Gasteiger partial charge in [-0.2, -0.15) is 0 Å². The van der Waals surface area contributed by atoms with E-state index in [9.17, 15) is 22.8 Å². The van der Waals surface area contributed by atoms with Gasteiger partial charge in [0.1, 0.15) is 5.75 Å². The number of methoxy groups -OCH3 is 1. The van der Waals surface area contributed by atoms with Crippen molar-refractivity contribution in [1.82, 2.24) is 4.90 Å². The van der Waals surface area contributed by atoms with Crippen molar-refractivity contribution in [3.8, 4) is 5.75 Å². The second kappa shape index (κ2) is 9.07. The van der Waals surface area contributed by atoms with Crippen molar-refractivity contribution in [3.63, 3.8) is 0 Å². The molecular formula is C19H19F3N2O3. The van der Waals surface area contributed by atoms with Crippen LogP contribution in [0.5, 0.6) is 5.75 Å². The molecule has 0 aliphatic rings. The van der Waals surface area contributed by atoms with Gasteiger partial charge in [-0.3, -0.25) is 9.59 Å². The van der Waals surface area contributed by atoms with Crippen molar-refractivity contribution >= 4 is 17.5 Å². The Morgan fingerprint density at radius 3 is 2.44 bits per heavy atom. The molecule has 0 spiro atoms. The summed E-state index contributed by atoms with van der Waals surface area (Å²) >= 11 is 0. The van der Waals surface area contributed by atoms with Gasteiger partial charge in [-0.15, -0.1) is 0 Å². The highest BCUT2D eigenvalue weighted by atomic mass is 19.2. The lowest BCUT2D eigenvalue weighted by atomic mass is 10.1. The van der Waals surface area contributed by atoms with Gasteiger partial charge >= 0.3 is 0 Å². The third-order valence-electron chi connectivity index (χ3n) is 3.93. The van der Waals surface area contributed by atoms with Crippen LogP contribution >= 0.6 is 0 Å². The van der Waals surface area contributed by atoms with Gasteiger partial charge in [-0.05, 0) is 30.2 Å². The Hall–Kier alpha value is -3.03. The molecule has 0 aliphatic carbocycles. The van der Waals surface area contributed by atoms with Gasteiger partial charge in [0.25, 0.3) is 0 Å². The predicted octanol–water partition coefficient (Wildman–Crippen LogP) is 3.14. The van der Waals surface area contributed by atoms with E-state index >= 15 is 0 Å². The molecule has 0 aromatic heterocycles. The van der Waals surface area contributed by atoms with Crippen LogP contribution in [-0.2, 0) is 16.0 Å². The number of carbonyl (C=O) groups is 2. The number of nitrogens with one attached hydrogen (secondary N) is 1. The Balaban J connectivity index is 2.02. The van der Waals surface area contributed by atoms with Crippen molar-refractivity contribution in [2.45, 2.75) is 13.3 Å². The molecule has 0 aliphatic heterocycles. The number of hydrogen-bond donors (Lipinski definition) is 1. The lowest BCUT2D eigenvalue weighted by Gasteiger charge is -2.21. The smallest absolute Gasteiger partial charge is 0.244 e. The minimum Gasteiger partial charge on any atom is -0.496 e. The van der Waals surface area contributed by atoms with E-state index in [0.29, 0.717) is 18.2 Å². The first-order valence-electron chi connectivity index (χ1n) is 8.14. The number of para-hydroxylation sites is 1. The van der Waals surface area contributed by atoms with E-state index in [1.807, 2.05) is 18.2 Å². The average Bonchev–Trinajstić information content (AvgIpc) is 2.65. The Labute approximate surface area is 154 Å². The molecule has 144 valence electrons. The standard InChI is InChI=1S/C19H19F3N2O3/c1-12(25)24(10-9-13-5-3-4-6-16(13)27-2)11-17(26)23-15-8-7-14(20)18(21)19(15)22/h3-8H,9-11H2,1-2H3,(H,23,26). The maximum absolute atomic E-state index is 13.6. The van der Waals surface area contributed by atoms with E-state index in [1.165, 1.54) is 18.9 Å². The molecule has 27 heavy (non-hydrogen) atoms. The third kappa shape index (κ3) is 5.22. The SMILES string of the molecule is COc1ccccc1CCN(CC(=O)Nc1ccc(F)c(F)c1F)C(C)=O. The zero-order valence-corrected chi connectivity index (χ0v) is 14.9. The highest BCUT2D eigenvalue weighted by Crippen LogP contribution is 2.20. The van der Waals surface area contributed by atoms with Crippen molar-refractivity contribution < 1.29 is 27.5 Å². The van der Waals surface area contributed by atoms with E-state index in [4.69, 9.17) is 4.74 Å². The zero-order chi connectivity index (χ0) is 20.0. The van der Waals surface area contributed by atoms with Gasteiger partial charge < -0.3 is 15.0 Å². The molecule has 1 N–H and O–H groups in total. The molecule has 2 aromatic carbocycles. The molecular weight excluding hydrogens is 361 g/mol. The summed E-state index contributed by atoms with van der Waals surface area (Å²) in [6, 6.07) is 8.89. The number of carbonyl (C=O) groups excluding carboxylic acids is 2. The second-order valence-electron chi connectivity index (χ2n) is 5.77. The average molecular weight is 380 g/mol. The predicted molar refractivity (Wildman–Crippen MR) is 93.9 cm³/mol. The normalized spacial score (nSPS) is 10.4. The molecule has 0 radical (unpaired) electrons. The Morgan fingerprint density at radius 1 is 1.07 bits per heavy atom. The van der Waals surface area contributed by atoms with E-state index in [0.717, 1.165) is 11.6 Å². The van der Waals surface area contributed by atoms with Crippen LogP contribution in [0.1, 0.15) is 12.5 Å². The van der Waals surface area contributed by atoms with Gasteiger partial charge in [0, 0.05) is 13.5 Å². The van der Waals surface area contributed by atoms with E-state index in [1.54, 1.807) is 6.07 Å². The highest BCUT2D eigenvalue weighted by molar-refractivity contribution is 5.94. The van der Waals surface area contributed by atoms with Crippen molar-refractivity contribution in [2.75, 3.05) is 25.5 Å². The molecule has 2 amide bonds. The molecule has 0 fully saturated rings. The summed E-state index contributed by atoms with van der Waals surface area (Å²) in [6.45, 7) is 1.17. The maximum atomic E-state index is 13.6. The summed E-state index contributed by atoms with van der Waals surface area (Å²) in [7, 11) is 1.53. The number of ether oxygens (including phenoxy) is 1. The molecule has 8 heteroatoms. The zero-order valence-electron chi connectivity index (χ0n) is 14.9. The molecule has 0 heterocycles. The summed E-state index contributed by atoms with van der Waals surface area (Å²) < 4.78 is 45.1. The molecule has 0 atom stereocenters. The van der Waals surface area contributed by atoms with Crippen molar-refractivity contribution in [3.05, 3.63) is 59.4 Å². The third-order valence-corrected chi connectivity index (χ3v) is 3.93. The van der Waals surface area contributed by atoms with Crippen LogP contribution in [0, 0.1) is 17.5 Å². The number of nitrogens with zero attached hydrogens (tertiary/aromatic N) is 1. The first-order chi connectivity index (χ1) is 12.8. The van der Waals surface area contributed by atoms with Crippen molar-refractivity contribution in [1.29, 1.82) is 0 Å². The minimum atomic E-state index is -1.67. The van der Waals surface area contributed by atoms with Crippen LogP contribution in [0.25, 0.3) is 0 Å². The minimum absolute atomic E-state index is 0.226. The number of halogens is 3. The number of rotatable bonds is 7.